The first-order chi connectivity index (χ1) is 7.13. The summed E-state index contributed by atoms with van der Waals surface area (Å²) in [6, 6.07) is 0. The van der Waals surface area contributed by atoms with Crippen LogP contribution < -0.4 is 0 Å². The minimum Gasteiger partial charge on any atom is -0.468 e. The molecule has 1 aliphatic rings. The molecule has 0 aromatic rings. The van der Waals surface area contributed by atoms with Crippen LogP contribution in [0.3, 0.4) is 0 Å². The number of hydrogen-bond donors (Lipinski definition) is 0. The van der Waals surface area contributed by atoms with E-state index in [1.807, 2.05) is 6.92 Å². The predicted molar refractivity (Wildman–Crippen MR) is 54.1 cm³/mol. The maximum atomic E-state index is 11.8. The molecule has 4 heteroatoms. The second-order valence-corrected chi connectivity index (χ2v) is 3.95. The molecule has 0 spiro atoms. The second-order valence-electron chi connectivity index (χ2n) is 3.95. The van der Waals surface area contributed by atoms with Crippen molar-refractivity contribution in [3.63, 3.8) is 0 Å². The van der Waals surface area contributed by atoms with Crippen molar-refractivity contribution in [1.82, 2.24) is 0 Å². The smallest absolute Gasteiger partial charge is 0.323 e. The van der Waals surface area contributed by atoms with E-state index < -0.39 is 17.4 Å². The number of carbonyl (C=O) groups excluding carboxylic acids is 2. The monoisotopic (exact) mass is 214 g/mol. The summed E-state index contributed by atoms with van der Waals surface area (Å²) < 4.78 is 9.51. The van der Waals surface area contributed by atoms with Crippen molar-refractivity contribution in [2.24, 2.45) is 11.3 Å². The topological polar surface area (TPSA) is 52.6 Å². The number of rotatable bonds is 3. The van der Waals surface area contributed by atoms with E-state index >= 15 is 0 Å². The van der Waals surface area contributed by atoms with Crippen molar-refractivity contribution in [2.45, 2.75) is 32.6 Å². The summed E-state index contributed by atoms with van der Waals surface area (Å²) >= 11 is 0. The number of methoxy groups -OCH3 is 2. The van der Waals surface area contributed by atoms with E-state index in [2.05, 4.69) is 0 Å². The highest BCUT2D eigenvalue weighted by molar-refractivity contribution is 6.00. The molecule has 15 heavy (non-hydrogen) atoms. The third-order valence-corrected chi connectivity index (χ3v) is 3.41. The van der Waals surface area contributed by atoms with Gasteiger partial charge in [0, 0.05) is 0 Å². The minimum absolute atomic E-state index is 0.0531. The van der Waals surface area contributed by atoms with Gasteiger partial charge in [-0.05, 0) is 18.8 Å². The molecule has 86 valence electrons. The van der Waals surface area contributed by atoms with E-state index in [-0.39, 0.29) is 5.92 Å². The maximum absolute atomic E-state index is 11.8. The number of ether oxygens (including phenoxy) is 2. The Bertz CT molecular complexity index is 243. The van der Waals surface area contributed by atoms with Gasteiger partial charge in [0.2, 0.25) is 0 Å². The zero-order valence-corrected chi connectivity index (χ0v) is 9.54. The van der Waals surface area contributed by atoms with Crippen LogP contribution in [0.1, 0.15) is 32.6 Å². The molecule has 0 aromatic heterocycles. The van der Waals surface area contributed by atoms with Gasteiger partial charge in [-0.3, -0.25) is 9.59 Å². The first kappa shape index (κ1) is 12.0. The summed E-state index contributed by atoms with van der Waals surface area (Å²) in [6.45, 7) is 1.98. The fourth-order valence-corrected chi connectivity index (χ4v) is 2.62. The summed E-state index contributed by atoms with van der Waals surface area (Å²) in [5.74, 6) is -0.838. The molecule has 0 N–H and O–H groups in total. The summed E-state index contributed by atoms with van der Waals surface area (Å²) in [5, 5.41) is 0. The lowest BCUT2D eigenvalue weighted by Gasteiger charge is -2.29. The molecule has 0 heterocycles. The molecule has 1 fully saturated rings. The zero-order chi connectivity index (χ0) is 11.5. The van der Waals surface area contributed by atoms with E-state index in [0.29, 0.717) is 6.42 Å². The van der Waals surface area contributed by atoms with Gasteiger partial charge in [0.25, 0.3) is 0 Å². The molecule has 0 saturated heterocycles. The van der Waals surface area contributed by atoms with Crippen LogP contribution in [-0.2, 0) is 19.1 Å². The summed E-state index contributed by atoms with van der Waals surface area (Å²) in [6.07, 6.45) is 3.11. The largest absolute Gasteiger partial charge is 0.468 e. The van der Waals surface area contributed by atoms with Crippen LogP contribution >= 0.6 is 0 Å². The Morgan fingerprint density at radius 2 is 1.80 bits per heavy atom. The van der Waals surface area contributed by atoms with Gasteiger partial charge in [-0.25, -0.2) is 0 Å². The Balaban J connectivity index is 3.05. The van der Waals surface area contributed by atoms with Crippen molar-refractivity contribution in [3.8, 4) is 0 Å². The molecule has 0 radical (unpaired) electrons. The van der Waals surface area contributed by atoms with Gasteiger partial charge < -0.3 is 9.47 Å². The summed E-state index contributed by atoms with van der Waals surface area (Å²) in [4.78, 5) is 23.6. The average molecular weight is 214 g/mol. The van der Waals surface area contributed by atoms with Crippen LogP contribution in [0.4, 0.5) is 0 Å². The van der Waals surface area contributed by atoms with Gasteiger partial charge >= 0.3 is 11.9 Å². The van der Waals surface area contributed by atoms with Crippen LogP contribution in [0.2, 0.25) is 0 Å². The van der Waals surface area contributed by atoms with Gasteiger partial charge in [0.15, 0.2) is 5.41 Å². The van der Waals surface area contributed by atoms with E-state index in [1.54, 1.807) is 0 Å². The number of carbonyl (C=O) groups is 2. The highest BCUT2D eigenvalue weighted by Crippen LogP contribution is 2.46. The summed E-state index contributed by atoms with van der Waals surface area (Å²) in [7, 11) is 2.64. The molecular formula is C11H18O4. The Kier molecular flexibility index (Phi) is 3.72. The Hall–Kier alpha value is -1.06. The summed E-state index contributed by atoms with van der Waals surface area (Å²) in [5.41, 5.74) is -1.04. The molecule has 4 nitrogen and oxygen atoms in total. The fourth-order valence-electron chi connectivity index (χ4n) is 2.62. The minimum atomic E-state index is -1.04. The van der Waals surface area contributed by atoms with Crippen LogP contribution in [-0.4, -0.2) is 26.2 Å². The lowest BCUT2D eigenvalue weighted by atomic mass is 9.76. The molecule has 0 aromatic carbocycles. The molecule has 1 aliphatic carbocycles. The highest BCUT2D eigenvalue weighted by Gasteiger charge is 2.56. The van der Waals surface area contributed by atoms with Crippen LogP contribution in [0.15, 0.2) is 0 Å². The van der Waals surface area contributed by atoms with Gasteiger partial charge in [0.1, 0.15) is 0 Å². The first-order valence-corrected chi connectivity index (χ1v) is 5.30. The van der Waals surface area contributed by atoms with E-state index in [1.165, 1.54) is 14.2 Å². The Morgan fingerprint density at radius 1 is 1.27 bits per heavy atom. The molecule has 1 atom stereocenters. The molecule has 0 bridgehead atoms. The number of hydrogen-bond acceptors (Lipinski definition) is 4. The van der Waals surface area contributed by atoms with Crippen molar-refractivity contribution in [1.29, 1.82) is 0 Å². The molecule has 1 saturated carbocycles. The van der Waals surface area contributed by atoms with Gasteiger partial charge in [-0.1, -0.05) is 19.8 Å². The molecule has 0 aliphatic heterocycles. The van der Waals surface area contributed by atoms with Crippen molar-refractivity contribution in [2.75, 3.05) is 14.2 Å². The van der Waals surface area contributed by atoms with Crippen molar-refractivity contribution in [3.05, 3.63) is 0 Å². The Morgan fingerprint density at radius 3 is 2.20 bits per heavy atom. The van der Waals surface area contributed by atoms with E-state index in [0.717, 1.165) is 19.3 Å². The predicted octanol–water partition coefficient (Wildman–Crippen LogP) is 1.53. The van der Waals surface area contributed by atoms with E-state index in [9.17, 15) is 9.59 Å². The molecule has 0 unspecified atom stereocenters. The van der Waals surface area contributed by atoms with Crippen LogP contribution in [0, 0.1) is 11.3 Å². The van der Waals surface area contributed by atoms with Gasteiger partial charge in [0.05, 0.1) is 14.2 Å². The van der Waals surface area contributed by atoms with E-state index in [4.69, 9.17) is 9.47 Å². The second kappa shape index (κ2) is 4.64. The normalized spacial score (nSPS) is 23.5. The van der Waals surface area contributed by atoms with Gasteiger partial charge in [-0.2, -0.15) is 0 Å². The standard InChI is InChI=1S/C11H18O4/c1-4-8-6-5-7-11(8,9(12)14-2)10(13)15-3/h8H,4-7H2,1-3H3/t8-/m1/s1. The quantitative estimate of drug-likeness (QED) is 0.528. The van der Waals surface area contributed by atoms with Crippen molar-refractivity contribution < 1.29 is 19.1 Å². The SMILES string of the molecule is CC[C@@H]1CCCC1(C(=O)OC)C(=O)OC. The van der Waals surface area contributed by atoms with Crippen LogP contribution in [0.25, 0.3) is 0 Å². The average Bonchev–Trinajstić information content (AvgIpc) is 2.71. The fraction of sp³-hybridized carbons (Fsp3) is 0.818. The third-order valence-electron chi connectivity index (χ3n) is 3.41. The van der Waals surface area contributed by atoms with Crippen LogP contribution in [0.5, 0.6) is 0 Å². The first-order valence-electron chi connectivity index (χ1n) is 5.30. The molecule has 1 rings (SSSR count). The van der Waals surface area contributed by atoms with Gasteiger partial charge in [-0.15, -0.1) is 0 Å². The Labute approximate surface area is 89.9 Å². The third kappa shape index (κ3) is 1.73. The molecule has 0 amide bonds. The zero-order valence-electron chi connectivity index (χ0n) is 9.54. The lowest BCUT2D eigenvalue weighted by Crippen LogP contribution is -2.44. The maximum Gasteiger partial charge on any atom is 0.323 e. The molecular weight excluding hydrogens is 196 g/mol. The highest BCUT2D eigenvalue weighted by atomic mass is 16.5. The lowest BCUT2D eigenvalue weighted by molar-refractivity contribution is -0.172. The van der Waals surface area contributed by atoms with Crippen molar-refractivity contribution >= 4 is 11.9 Å². The number of esters is 2.